The van der Waals surface area contributed by atoms with Gasteiger partial charge in [0.25, 0.3) is 5.91 Å². The molecular weight excluding hydrogens is 230 g/mol. The highest BCUT2D eigenvalue weighted by Crippen LogP contribution is 2.17. The standard InChI is InChI=1S/C13H13N3O2/c1-18-11-4-2-3-10(8-11)16-13(17)12-7-9(14)5-6-15-12/h2-8H,1H3,(H2,14,15)(H,16,17). The number of ether oxygens (including phenoxy) is 1. The molecule has 2 aromatic rings. The summed E-state index contributed by atoms with van der Waals surface area (Å²) in [5, 5.41) is 2.72. The maximum atomic E-state index is 11.9. The largest absolute Gasteiger partial charge is 0.497 e. The molecule has 0 aliphatic heterocycles. The Morgan fingerprint density at radius 2 is 2.17 bits per heavy atom. The van der Waals surface area contributed by atoms with E-state index in [9.17, 15) is 4.79 Å². The second kappa shape index (κ2) is 5.18. The van der Waals surface area contributed by atoms with E-state index in [2.05, 4.69) is 10.3 Å². The normalized spacial score (nSPS) is 9.83. The number of nitrogens with zero attached hydrogens (tertiary/aromatic N) is 1. The maximum absolute atomic E-state index is 11.9. The summed E-state index contributed by atoms with van der Waals surface area (Å²) >= 11 is 0. The summed E-state index contributed by atoms with van der Waals surface area (Å²) in [6.45, 7) is 0. The molecule has 0 spiro atoms. The van der Waals surface area contributed by atoms with Crippen molar-refractivity contribution in [1.82, 2.24) is 4.98 Å². The van der Waals surface area contributed by atoms with Crippen molar-refractivity contribution < 1.29 is 9.53 Å². The number of hydrogen-bond acceptors (Lipinski definition) is 4. The SMILES string of the molecule is COc1cccc(NC(=O)c2cc(N)ccn2)c1. The number of nitrogen functional groups attached to an aromatic ring is 1. The highest BCUT2D eigenvalue weighted by molar-refractivity contribution is 6.03. The molecule has 5 nitrogen and oxygen atoms in total. The van der Waals surface area contributed by atoms with Crippen LogP contribution in [-0.4, -0.2) is 18.0 Å². The lowest BCUT2D eigenvalue weighted by atomic mass is 10.2. The minimum absolute atomic E-state index is 0.276. The molecule has 18 heavy (non-hydrogen) atoms. The van der Waals surface area contributed by atoms with Gasteiger partial charge in [-0.05, 0) is 24.3 Å². The first-order valence-corrected chi connectivity index (χ1v) is 5.36. The Morgan fingerprint density at radius 3 is 2.89 bits per heavy atom. The molecule has 0 aliphatic carbocycles. The van der Waals surface area contributed by atoms with Crippen LogP contribution in [-0.2, 0) is 0 Å². The van der Waals surface area contributed by atoms with Gasteiger partial charge in [0, 0.05) is 23.6 Å². The Morgan fingerprint density at radius 1 is 1.33 bits per heavy atom. The molecule has 0 saturated heterocycles. The van der Waals surface area contributed by atoms with E-state index in [0.29, 0.717) is 17.1 Å². The fourth-order valence-corrected chi connectivity index (χ4v) is 1.47. The van der Waals surface area contributed by atoms with Crippen molar-refractivity contribution in [3.05, 3.63) is 48.3 Å². The van der Waals surface area contributed by atoms with Crippen LogP contribution in [0.4, 0.5) is 11.4 Å². The van der Waals surface area contributed by atoms with E-state index >= 15 is 0 Å². The average Bonchev–Trinajstić information content (AvgIpc) is 2.39. The van der Waals surface area contributed by atoms with Gasteiger partial charge in [0.1, 0.15) is 11.4 Å². The second-order valence-electron chi connectivity index (χ2n) is 3.66. The minimum atomic E-state index is -0.310. The molecule has 92 valence electrons. The summed E-state index contributed by atoms with van der Waals surface area (Å²) in [5.74, 6) is 0.365. The van der Waals surface area contributed by atoms with Gasteiger partial charge in [0.05, 0.1) is 7.11 Å². The van der Waals surface area contributed by atoms with Crippen molar-refractivity contribution in [2.45, 2.75) is 0 Å². The number of hydrogen-bond donors (Lipinski definition) is 2. The van der Waals surface area contributed by atoms with Crippen molar-refractivity contribution in [3.8, 4) is 5.75 Å². The molecule has 1 amide bonds. The molecule has 0 unspecified atom stereocenters. The van der Waals surface area contributed by atoms with Crippen LogP contribution < -0.4 is 15.8 Å². The van der Waals surface area contributed by atoms with Crippen molar-refractivity contribution in [2.75, 3.05) is 18.2 Å². The molecule has 0 fully saturated rings. The number of benzene rings is 1. The number of amides is 1. The zero-order chi connectivity index (χ0) is 13.0. The van der Waals surface area contributed by atoms with Crippen LogP contribution in [0, 0.1) is 0 Å². The Bertz CT molecular complexity index is 570. The third-order valence-electron chi connectivity index (χ3n) is 2.34. The van der Waals surface area contributed by atoms with Crippen LogP contribution in [0.3, 0.4) is 0 Å². The molecule has 3 N–H and O–H groups in total. The first-order chi connectivity index (χ1) is 8.69. The minimum Gasteiger partial charge on any atom is -0.497 e. The van der Waals surface area contributed by atoms with Crippen molar-refractivity contribution in [1.29, 1.82) is 0 Å². The Labute approximate surface area is 105 Å². The lowest BCUT2D eigenvalue weighted by Gasteiger charge is -2.06. The van der Waals surface area contributed by atoms with Crippen LogP contribution in [0.1, 0.15) is 10.5 Å². The van der Waals surface area contributed by atoms with Gasteiger partial charge in [-0.1, -0.05) is 6.07 Å². The van der Waals surface area contributed by atoms with Crippen molar-refractivity contribution in [3.63, 3.8) is 0 Å². The fraction of sp³-hybridized carbons (Fsp3) is 0.0769. The zero-order valence-electron chi connectivity index (χ0n) is 9.88. The van der Waals surface area contributed by atoms with Crippen LogP contribution in [0.2, 0.25) is 0 Å². The van der Waals surface area contributed by atoms with Gasteiger partial charge < -0.3 is 15.8 Å². The molecule has 0 saturated carbocycles. The first kappa shape index (κ1) is 11.9. The molecule has 0 bridgehead atoms. The maximum Gasteiger partial charge on any atom is 0.274 e. The number of anilines is 2. The topological polar surface area (TPSA) is 77.2 Å². The van der Waals surface area contributed by atoms with E-state index in [-0.39, 0.29) is 11.6 Å². The van der Waals surface area contributed by atoms with E-state index in [1.807, 2.05) is 0 Å². The van der Waals surface area contributed by atoms with E-state index in [0.717, 1.165) is 0 Å². The van der Waals surface area contributed by atoms with Gasteiger partial charge in [-0.3, -0.25) is 9.78 Å². The van der Waals surface area contributed by atoms with Crippen LogP contribution in [0.5, 0.6) is 5.75 Å². The number of carbonyl (C=O) groups excluding carboxylic acids is 1. The summed E-state index contributed by atoms with van der Waals surface area (Å²) in [4.78, 5) is 15.9. The molecule has 0 atom stereocenters. The monoisotopic (exact) mass is 243 g/mol. The van der Waals surface area contributed by atoms with Gasteiger partial charge in [-0.25, -0.2) is 0 Å². The number of methoxy groups -OCH3 is 1. The van der Waals surface area contributed by atoms with Crippen molar-refractivity contribution >= 4 is 17.3 Å². The van der Waals surface area contributed by atoms with Crippen LogP contribution in [0.25, 0.3) is 0 Å². The smallest absolute Gasteiger partial charge is 0.274 e. The van der Waals surface area contributed by atoms with Gasteiger partial charge >= 0.3 is 0 Å². The molecule has 1 aromatic heterocycles. The molecule has 5 heteroatoms. The fourth-order valence-electron chi connectivity index (χ4n) is 1.47. The summed E-state index contributed by atoms with van der Waals surface area (Å²) in [5.41, 5.74) is 7.01. The van der Waals surface area contributed by atoms with Gasteiger partial charge in [0.15, 0.2) is 0 Å². The Hall–Kier alpha value is -2.56. The molecule has 2 rings (SSSR count). The van der Waals surface area contributed by atoms with Crippen LogP contribution in [0.15, 0.2) is 42.6 Å². The van der Waals surface area contributed by atoms with E-state index in [4.69, 9.17) is 10.5 Å². The average molecular weight is 243 g/mol. The number of nitrogens with two attached hydrogens (primary N) is 1. The highest BCUT2D eigenvalue weighted by atomic mass is 16.5. The molecule has 0 aliphatic rings. The van der Waals surface area contributed by atoms with E-state index < -0.39 is 0 Å². The third kappa shape index (κ3) is 2.76. The third-order valence-corrected chi connectivity index (χ3v) is 2.34. The molecule has 0 radical (unpaired) electrons. The van der Waals surface area contributed by atoms with Crippen LogP contribution >= 0.6 is 0 Å². The summed E-state index contributed by atoms with van der Waals surface area (Å²) < 4.78 is 5.07. The Balaban J connectivity index is 2.16. The predicted molar refractivity (Wildman–Crippen MR) is 69.6 cm³/mol. The molecule has 1 aromatic carbocycles. The van der Waals surface area contributed by atoms with Gasteiger partial charge in [-0.2, -0.15) is 0 Å². The van der Waals surface area contributed by atoms with Gasteiger partial charge in [0.2, 0.25) is 0 Å². The molecular formula is C13H13N3O2. The number of nitrogens with one attached hydrogen (secondary N) is 1. The number of pyridine rings is 1. The highest BCUT2D eigenvalue weighted by Gasteiger charge is 2.08. The number of aromatic nitrogens is 1. The van der Waals surface area contributed by atoms with E-state index in [1.165, 1.54) is 12.3 Å². The quantitative estimate of drug-likeness (QED) is 0.863. The van der Waals surface area contributed by atoms with Crippen molar-refractivity contribution in [2.24, 2.45) is 0 Å². The number of rotatable bonds is 3. The lowest BCUT2D eigenvalue weighted by molar-refractivity contribution is 0.102. The number of carbonyl (C=O) groups is 1. The van der Waals surface area contributed by atoms with Gasteiger partial charge in [-0.15, -0.1) is 0 Å². The predicted octanol–water partition coefficient (Wildman–Crippen LogP) is 1.92. The lowest BCUT2D eigenvalue weighted by Crippen LogP contribution is -2.13. The Kier molecular flexibility index (Phi) is 3.43. The molecule has 1 heterocycles. The first-order valence-electron chi connectivity index (χ1n) is 5.36. The second-order valence-corrected chi connectivity index (χ2v) is 3.66. The van der Waals surface area contributed by atoms with E-state index in [1.54, 1.807) is 37.4 Å². The zero-order valence-corrected chi connectivity index (χ0v) is 9.88. The summed E-state index contributed by atoms with van der Waals surface area (Å²) in [6, 6.07) is 10.2. The summed E-state index contributed by atoms with van der Waals surface area (Å²) in [6.07, 6.45) is 1.50. The summed E-state index contributed by atoms with van der Waals surface area (Å²) in [7, 11) is 1.57.